The van der Waals surface area contributed by atoms with Gasteiger partial charge in [0, 0.05) is 0 Å². The maximum Gasteiger partial charge on any atom is 0.397 e. The molecule has 1 aliphatic heterocycles. The third-order valence-electron chi connectivity index (χ3n) is 12.3. The molecular formula is C51H95NO12S. The summed E-state index contributed by atoms with van der Waals surface area (Å²) in [6.45, 7) is 3.14. The molecule has 14 heteroatoms. The van der Waals surface area contributed by atoms with Gasteiger partial charge in [-0.25, -0.2) is 4.18 Å². The molecule has 0 spiro atoms. The first kappa shape index (κ1) is 61.3. The number of hydrogen-bond donors (Lipinski definition) is 7. The van der Waals surface area contributed by atoms with Crippen LogP contribution in [0.3, 0.4) is 0 Å². The number of nitrogens with one attached hydrogen (secondary N) is 1. The summed E-state index contributed by atoms with van der Waals surface area (Å²) >= 11 is 0. The van der Waals surface area contributed by atoms with Crippen LogP contribution in [0.5, 0.6) is 0 Å². The second-order valence-corrected chi connectivity index (χ2v) is 19.3. The lowest BCUT2D eigenvalue weighted by molar-refractivity contribution is -0.298. The van der Waals surface area contributed by atoms with Crippen molar-refractivity contribution in [1.82, 2.24) is 5.32 Å². The highest BCUT2D eigenvalue weighted by molar-refractivity contribution is 7.80. The van der Waals surface area contributed by atoms with Gasteiger partial charge in [0.1, 0.15) is 30.5 Å². The fraction of sp³-hybridized carbons (Fsp3) is 0.863. The Morgan fingerprint density at radius 3 is 1.58 bits per heavy atom. The van der Waals surface area contributed by atoms with Crippen molar-refractivity contribution in [1.29, 1.82) is 0 Å². The van der Waals surface area contributed by atoms with Crippen molar-refractivity contribution in [3.63, 3.8) is 0 Å². The highest BCUT2D eigenvalue weighted by Crippen LogP contribution is 2.26. The quantitative estimate of drug-likeness (QED) is 0.0173. The minimum Gasteiger partial charge on any atom is -0.394 e. The second kappa shape index (κ2) is 41.3. The minimum atomic E-state index is -5.12. The maximum absolute atomic E-state index is 13.2. The van der Waals surface area contributed by atoms with Gasteiger partial charge in [-0.3, -0.25) is 9.35 Å². The number of ether oxygens (including phenoxy) is 2. The van der Waals surface area contributed by atoms with Crippen LogP contribution in [0.4, 0.5) is 0 Å². The average Bonchev–Trinajstić information content (AvgIpc) is 3.28. The number of hydrogen-bond acceptors (Lipinski definition) is 11. The number of allylic oxidation sites excluding steroid dienone is 5. The van der Waals surface area contributed by atoms with Crippen LogP contribution in [0, 0.1) is 0 Å². The van der Waals surface area contributed by atoms with Gasteiger partial charge >= 0.3 is 10.4 Å². The number of rotatable bonds is 44. The summed E-state index contributed by atoms with van der Waals surface area (Å²) in [7, 11) is -5.12. The van der Waals surface area contributed by atoms with Crippen LogP contribution in [0.25, 0.3) is 0 Å². The van der Waals surface area contributed by atoms with Crippen molar-refractivity contribution in [2.45, 2.75) is 268 Å². The first-order valence-electron chi connectivity index (χ1n) is 26.0. The largest absolute Gasteiger partial charge is 0.397 e. The molecule has 0 aliphatic carbocycles. The van der Waals surface area contributed by atoms with E-state index in [4.69, 9.17) is 9.47 Å². The summed E-state index contributed by atoms with van der Waals surface area (Å²) in [6.07, 6.45) is 37.9. The Bertz CT molecular complexity index is 1310. The molecule has 1 amide bonds. The van der Waals surface area contributed by atoms with Gasteiger partial charge in [0.15, 0.2) is 6.29 Å². The minimum absolute atomic E-state index is 0.242. The van der Waals surface area contributed by atoms with E-state index >= 15 is 0 Å². The molecule has 0 saturated carbocycles. The lowest BCUT2D eigenvalue weighted by atomic mass is 9.99. The molecule has 0 aromatic heterocycles. The van der Waals surface area contributed by atoms with E-state index in [1.54, 1.807) is 6.08 Å². The van der Waals surface area contributed by atoms with Gasteiger partial charge in [-0.2, -0.15) is 8.42 Å². The normalized spacial score (nSPS) is 20.9. The molecule has 0 aromatic carbocycles. The van der Waals surface area contributed by atoms with Gasteiger partial charge in [0.25, 0.3) is 0 Å². The molecule has 1 saturated heterocycles. The molecule has 1 heterocycles. The number of carbonyl (C=O) groups is 1. The summed E-state index contributed by atoms with van der Waals surface area (Å²) in [4.78, 5) is 13.2. The third kappa shape index (κ3) is 33.4. The molecule has 0 aromatic rings. The number of aliphatic hydroxyl groups is 5. The number of carbonyl (C=O) groups excluding carboxylic acids is 1. The molecule has 7 N–H and O–H groups in total. The van der Waals surface area contributed by atoms with Crippen molar-refractivity contribution >= 4 is 16.3 Å². The summed E-state index contributed by atoms with van der Waals surface area (Å²) in [5, 5.41) is 55.4. The average molecular weight is 946 g/mol. The van der Waals surface area contributed by atoms with E-state index in [0.29, 0.717) is 12.8 Å². The molecule has 0 radical (unpaired) electrons. The smallest absolute Gasteiger partial charge is 0.394 e. The molecular weight excluding hydrogens is 851 g/mol. The fourth-order valence-corrected chi connectivity index (χ4v) is 8.71. The lowest BCUT2D eigenvalue weighted by Crippen LogP contribution is -2.61. The second-order valence-electron chi connectivity index (χ2n) is 18.2. The molecule has 8 unspecified atom stereocenters. The monoisotopic (exact) mass is 946 g/mol. The van der Waals surface area contributed by atoms with Crippen molar-refractivity contribution in [2.75, 3.05) is 13.2 Å². The van der Waals surface area contributed by atoms with Gasteiger partial charge in [-0.05, 0) is 44.9 Å². The fourth-order valence-electron chi connectivity index (χ4n) is 8.21. The van der Waals surface area contributed by atoms with Crippen LogP contribution in [0.1, 0.15) is 219 Å². The predicted molar refractivity (Wildman–Crippen MR) is 261 cm³/mol. The van der Waals surface area contributed by atoms with E-state index in [1.165, 1.54) is 135 Å². The number of amides is 1. The molecule has 1 fully saturated rings. The molecule has 1 rings (SSSR count). The van der Waals surface area contributed by atoms with E-state index in [1.807, 2.05) is 6.08 Å². The Morgan fingerprint density at radius 2 is 1.11 bits per heavy atom. The molecule has 1 aliphatic rings. The first-order chi connectivity index (χ1) is 31.4. The van der Waals surface area contributed by atoms with E-state index in [-0.39, 0.29) is 6.42 Å². The number of aliphatic hydroxyl groups excluding tert-OH is 5. The zero-order valence-corrected chi connectivity index (χ0v) is 41.5. The van der Waals surface area contributed by atoms with Crippen LogP contribution in [-0.4, -0.2) is 107 Å². The van der Waals surface area contributed by atoms with Gasteiger partial charge in [0.05, 0.1) is 25.4 Å². The third-order valence-corrected chi connectivity index (χ3v) is 12.7. The highest BCUT2D eigenvalue weighted by atomic mass is 32.3. The van der Waals surface area contributed by atoms with Gasteiger partial charge in [0.2, 0.25) is 5.91 Å². The van der Waals surface area contributed by atoms with Crippen LogP contribution in [0.2, 0.25) is 0 Å². The van der Waals surface area contributed by atoms with Gasteiger partial charge in [-0.15, -0.1) is 0 Å². The summed E-state index contributed by atoms with van der Waals surface area (Å²) in [5.41, 5.74) is 0. The lowest BCUT2D eigenvalue weighted by Gasteiger charge is -2.41. The van der Waals surface area contributed by atoms with E-state index in [9.17, 15) is 43.3 Å². The van der Waals surface area contributed by atoms with Crippen LogP contribution in [-0.2, 0) is 28.9 Å². The van der Waals surface area contributed by atoms with Gasteiger partial charge in [-0.1, -0.05) is 211 Å². The standard InChI is InChI=1S/C51H95NO12S/c1-3-5-7-9-11-13-15-17-19-21-22-23-24-26-28-30-32-34-36-38-40-45(55)50(58)52-43(42-62-51-48(57)49(64-65(59,60)61)47(56)46(41-53)63-51)44(54)39-37-35-33-31-29-27-25-20-18-16-14-12-10-8-6-4-2/h5,7,11,13,37,39,43-49,51,53-57H,3-4,6,8-10,12,14-36,38,40-42H2,1-2H3,(H,52,58)(H,59,60,61)/b7-5-,13-11-,39-37+. The Kier molecular flexibility index (Phi) is 38.9. The van der Waals surface area contributed by atoms with E-state index in [0.717, 1.165) is 51.4 Å². The van der Waals surface area contributed by atoms with E-state index < -0.39 is 78.5 Å². The van der Waals surface area contributed by atoms with Crippen molar-refractivity contribution < 1.29 is 57.0 Å². The van der Waals surface area contributed by atoms with Gasteiger partial charge < -0.3 is 40.3 Å². The Balaban J connectivity index is 2.49. The van der Waals surface area contributed by atoms with Crippen molar-refractivity contribution in [3.05, 3.63) is 36.5 Å². The maximum atomic E-state index is 13.2. The van der Waals surface area contributed by atoms with Crippen molar-refractivity contribution in [2.24, 2.45) is 0 Å². The molecule has 65 heavy (non-hydrogen) atoms. The summed E-state index contributed by atoms with van der Waals surface area (Å²) in [5.74, 6) is -0.702. The Hall–Kier alpha value is -1.72. The van der Waals surface area contributed by atoms with Crippen LogP contribution in [0.15, 0.2) is 36.5 Å². The topological polar surface area (TPSA) is 212 Å². The summed E-state index contributed by atoms with van der Waals surface area (Å²) < 4.78 is 47.6. The predicted octanol–water partition coefficient (Wildman–Crippen LogP) is 10.0. The molecule has 0 bridgehead atoms. The van der Waals surface area contributed by atoms with E-state index in [2.05, 4.69) is 47.7 Å². The zero-order valence-electron chi connectivity index (χ0n) is 40.7. The first-order valence-corrected chi connectivity index (χ1v) is 27.3. The zero-order chi connectivity index (χ0) is 47.8. The van der Waals surface area contributed by atoms with Crippen molar-refractivity contribution in [3.8, 4) is 0 Å². The van der Waals surface area contributed by atoms with Crippen LogP contribution >= 0.6 is 0 Å². The summed E-state index contributed by atoms with van der Waals surface area (Å²) in [6, 6.07) is -1.12. The Morgan fingerprint density at radius 1 is 0.646 bits per heavy atom. The SMILES string of the molecule is CC/C=C\C/C=C\CCCCCCCCCCCCCCCC(O)C(=O)NC(COC1OC(CO)C(O)C(OS(=O)(=O)O)C1O)C(O)/C=C/CCCCCCCCCCCCCCCC. The number of unbranched alkanes of at least 4 members (excludes halogenated alkanes) is 27. The van der Waals surface area contributed by atoms with Crippen LogP contribution < -0.4 is 5.32 Å². The molecule has 13 nitrogen and oxygen atoms in total. The molecule has 8 atom stereocenters. The highest BCUT2D eigenvalue weighted by Gasteiger charge is 2.48. The molecule has 382 valence electrons. The Labute approximate surface area is 395 Å².